The molecule has 18 heavy (non-hydrogen) atoms. The molecule has 1 fully saturated rings. The summed E-state index contributed by atoms with van der Waals surface area (Å²) in [5.74, 6) is 0.306. The number of rotatable bonds is 5. The van der Waals surface area contributed by atoms with E-state index in [4.69, 9.17) is 0 Å². The first-order valence-electron chi connectivity index (χ1n) is 5.86. The standard InChI is InChI=1S/C12H15N3O3/c1-13-11-5-4-9(15(17)18)6-10(11)12(16)14-7-8-2-3-8/h4-6,8,13H,2-3,7H2,1H3,(H,14,16). The number of carbonyl (C=O) groups is 1. The lowest BCUT2D eigenvalue weighted by atomic mass is 10.1. The summed E-state index contributed by atoms with van der Waals surface area (Å²) in [7, 11) is 1.68. The van der Waals surface area contributed by atoms with Gasteiger partial charge in [-0.2, -0.15) is 0 Å². The third-order valence-corrected chi connectivity index (χ3v) is 2.98. The molecule has 0 aromatic heterocycles. The zero-order valence-electron chi connectivity index (χ0n) is 10.1. The molecule has 0 spiro atoms. The van der Waals surface area contributed by atoms with Crippen LogP contribution in [0.25, 0.3) is 0 Å². The first-order valence-corrected chi connectivity index (χ1v) is 5.86. The maximum atomic E-state index is 12.0. The van der Waals surface area contributed by atoms with Crippen molar-refractivity contribution in [2.75, 3.05) is 18.9 Å². The van der Waals surface area contributed by atoms with Gasteiger partial charge in [-0.15, -0.1) is 0 Å². The van der Waals surface area contributed by atoms with Gasteiger partial charge in [-0.1, -0.05) is 0 Å². The number of nitro benzene ring substituents is 1. The SMILES string of the molecule is CNc1ccc([N+](=O)[O-])cc1C(=O)NCC1CC1. The van der Waals surface area contributed by atoms with E-state index in [9.17, 15) is 14.9 Å². The van der Waals surface area contributed by atoms with Gasteiger partial charge in [0.1, 0.15) is 0 Å². The Morgan fingerprint density at radius 1 is 1.50 bits per heavy atom. The molecule has 0 unspecified atom stereocenters. The number of nitro groups is 1. The summed E-state index contributed by atoms with van der Waals surface area (Å²) < 4.78 is 0. The van der Waals surface area contributed by atoms with Crippen LogP contribution in [0.4, 0.5) is 11.4 Å². The molecule has 2 rings (SSSR count). The molecule has 0 heterocycles. The van der Waals surface area contributed by atoms with Gasteiger partial charge in [0.25, 0.3) is 11.6 Å². The lowest BCUT2D eigenvalue weighted by Gasteiger charge is -2.09. The zero-order chi connectivity index (χ0) is 13.1. The Hall–Kier alpha value is -2.11. The Labute approximate surface area is 105 Å². The van der Waals surface area contributed by atoms with Gasteiger partial charge in [0, 0.05) is 31.4 Å². The van der Waals surface area contributed by atoms with E-state index in [1.807, 2.05) is 0 Å². The molecule has 0 radical (unpaired) electrons. The second-order valence-corrected chi connectivity index (χ2v) is 4.39. The zero-order valence-corrected chi connectivity index (χ0v) is 10.1. The van der Waals surface area contributed by atoms with Gasteiger partial charge < -0.3 is 10.6 Å². The van der Waals surface area contributed by atoms with E-state index in [0.29, 0.717) is 23.7 Å². The third-order valence-electron chi connectivity index (χ3n) is 2.98. The number of non-ortho nitro benzene ring substituents is 1. The van der Waals surface area contributed by atoms with Crippen LogP contribution in [0.2, 0.25) is 0 Å². The van der Waals surface area contributed by atoms with E-state index in [-0.39, 0.29) is 11.6 Å². The van der Waals surface area contributed by atoms with Gasteiger partial charge in [0.15, 0.2) is 0 Å². The van der Waals surface area contributed by atoms with Crippen LogP contribution in [0.5, 0.6) is 0 Å². The fourth-order valence-electron chi connectivity index (χ4n) is 1.71. The van der Waals surface area contributed by atoms with E-state index >= 15 is 0 Å². The highest BCUT2D eigenvalue weighted by atomic mass is 16.6. The topological polar surface area (TPSA) is 84.3 Å². The van der Waals surface area contributed by atoms with Crippen molar-refractivity contribution >= 4 is 17.3 Å². The number of hydrogen-bond donors (Lipinski definition) is 2. The van der Waals surface area contributed by atoms with Gasteiger partial charge in [-0.25, -0.2) is 0 Å². The lowest BCUT2D eigenvalue weighted by Crippen LogP contribution is -2.26. The van der Waals surface area contributed by atoms with Crippen molar-refractivity contribution in [3.8, 4) is 0 Å². The van der Waals surface area contributed by atoms with Crippen LogP contribution >= 0.6 is 0 Å². The molecule has 1 saturated carbocycles. The molecule has 6 nitrogen and oxygen atoms in total. The summed E-state index contributed by atoms with van der Waals surface area (Å²) in [6.45, 7) is 0.644. The summed E-state index contributed by atoms with van der Waals surface area (Å²) in [4.78, 5) is 22.2. The summed E-state index contributed by atoms with van der Waals surface area (Å²) in [5.41, 5.74) is 0.826. The van der Waals surface area contributed by atoms with Crippen LogP contribution in [-0.4, -0.2) is 24.4 Å². The molecule has 0 aliphatic heterocycles. The second kappa shape index (κ2) is 5.03. The molecule has 2 N–H and O–H groups in total. The number of benzene rings is 1. The Bertz CT molecular complexity index is 483. The quantitative estimate of drug-likeness (QED) is 0.615. The average Bonchev–Trinajstić information content (AvgIpc) is 3.19. The molecular weight excluding hydrogens is 234 g/mol. The largest absolute Gasteiger partial charge is 0.387 e. The first kappa shape index (κ1) is 12.3. The lowest BCUT2D eigenvalue weighted by molar-refractivity contribution is -0.384. The van der Waals surface area contributed by atoms with Crippen molar-refractivity contribution in [3.63, 3.8) is 0 Å². The molecule has 1 aliphatic rings. The number of nitrogens with one attached hydrogen (secondary N) is 2. The first-order chi connectivity index (χ1) is 8.61. The monoisotopic (exact) mass is 249 g/mol. The highest BCUT2D eigenvalue weighted by molar-refractivity contribution is 6.00. The maximum absolute atomic E-state index is 12.0. The number of amides is 1. The normalized spacial score (nSPS) is 14.1. The summed E-state index contributed by atoms with van der Waals surface area (Å²) in [6.07, 6.45) is 2.29. The van der Waals surface area contributed by atoms with Gasteiger partial charge in [0.2, 0.25) is 0 Å². The Kier molecular flexibility index (Phi) is 3.45. The van der Waals surface area contributed by atoms with Crippen molar-refractivity contribution in [1.29, 1.82) is 0 Å². The van der Waals surface area contributed by atoms with Crippen molar-refractivity contribution in [3.05, 3.63) is 33.9 Å². The Morgan fingerprint density at radius 3 is 2.78 bits per heavy atom. The molecule has 96 valence electrons. The number of carbonyl (C=O) groups excluding carboxylic acids is 1. The van der Waals surface area contributed by atoms with Crippen LogP contribution in [0.1, 0.15) is 23.2 Å². The molecular formula is C12H15N3O3. The summed E-state index contributed by atoms with van der Waals surface area (Å²) in [6, 6.07) is 4.22. The second-order valence-electron chi connectivity index (χ2n) is 4.39. The van der Waals surface area contributed by atoms with Crippen LogP contribution in [0, 0.1) is 16.0 Å². The molecule has 0 saturated heterocycles. The van der Waals surface area contributed by atoms with Crippen LogP contribution in [-0.2, 0) is 0 Å². The van der Waals surface area contributed by atoms with Crippen LogP contribution < -0.4 is 10.6 Å². The molecule has 1 aromatic carbocycles. The minimum Gasteiger partial charge on any atom is -0.387 e. The van der Waals surface area contributed by atoms with E-state index in [1.165, 1.54) is 12.1 Å². The number of nitrogens with zero attached hydrogens (tertiary/aromatic N) is 1. The highest BCUT2D eigenvalue weighted by Gasteiger charge is 2.23. The molecule has 1 aromatic rings. The fraction of sp³-hybridized carbons (Fsp3) is 0.417. The van der Waals surface area contributed by atoms with Gasteiger partial charge >= 0.3 is 0 Å². The van der Waals surface area contributed by atoms with Crippen molar-refractivity contribution in [1.82, 2.24) is 5.32 Å². The predicted octanol–water partition coefficient (Wildman–Crippen LogP) is 1.78. The van der Waals surface area contributed by atoms with E-state index < -0.39 is 4.92 Å². The summed E-state index contributed by atoms with van der Waals surface area (Å²) in [5, 5.41) is 16.4. The summed E-state index contributed by atoms with van der Waals surface area (Å²) >= 11 is 0. The highest BCUT2D eigenvalue weighted by Crippen LogP contribution is 2.28. The minimum absolute atomic E-state index is 0.0782. The van der Waals surface area contributed by atoms with E-state index in [0.717, 1.165) is 12.8 Å². The van der Waals surface area contributed by atoms with Gasteiger partial charge in [-0.05, 0) is 24.8 Å². The molecule has 0 bridgehead atoms. The smallest absolute Gasteiger partial charge is 0.270 e. The third kappa shape index (κ3) is 2.77. The Balaban J connectivity index is 2.18. The van der Waals surface area contributed by atoms with Crippen molar-refractivity contribution in [2.24, 2.45) is 5.92 Å². The number of anilines is 1. The molecule has 0 atom stereocenters. The fourth-order valence-corrected chi connectivity index (χ4v) is 1.71. The molecule has 1 aliphatic carbocycles. The molecule has 6 heteroatoms. The van der Waals surface area contributed by atoms with Gasteiger partial charge in [-0.3, -0.25) is 14.9 Å². The van der Waals surface area contributed by atoms with Crippen LogP contribution in [0.15, 0.2) is 18.2 Å². The average molecular weight is 249 g/mol. The predicted molar refractivity (Wildman–Crippen MR) is 67.7 cm³/mol. The van der Waals surface area contributed by atoms with Gasteiger partial charge in [0.05, 0.1) is 10.5 Å². The van der Waals surface area contributed by atoms with E-state index in [1.54, 1.807) is 13.1 Å². The minimum atomic E-state index is -0.503. The Morgan fingerprint density at radius 2 is 2.22 bits per heavy atom. The van der Waals surface area contributed by atoms with Crippen LogP contribution in [0.3, 0.4) is 0 Å². The number of hydrogen-bond acceptors (Lipinski definition) is 4. The van der Waals surface area contributed by atoms with Crippen molar-refractivity contribution < 1.29 is 9.72 Å². The molecule has 1 amide bonds. The van der Waals surface area contributed by atoms with Crippen molar-refractivity contribution in [2.45, 2.75) is 12.8 Å². The maximum Gasteiger partial charge on any atom is 0.270 e. The van der Waals surface area contributed by atoms with E-state index in [2.05, 4.69) is 10.6 Å².